The van der Waals surface area contributed by atoms with Crippen molar-refractivity contribution < 1.29 is 4.74 Å². The van der Waals surface area contributed by atoms with Crippen molar-refractivity contribution >= 4 is 5.69 Å². The lowest BCUT2D eigenvalue weighted by Crippen LogP contribution is -2.37. The van der Waals surface area contributed by atoms with Crippen LogP contribution in [0.1, 0.15) is 31.4 Å². The summed E-state index contributed by atoms with van der Waals surface area (Å²) in [6, 6.07) is 6.75. The maximum atomic E-state index is 6.15. The largest absolute Gasteiger partial charge is 0.496 e. The van der Waals surface area contributed by atoms with E-state index in [9.17, 15) is 0 Å². The SMILES string of the molecule is COc1cccc(N(C)CC2CCCN2C)c1C(C)N. The van der Waals surface area contributed by atoms with Gasteiger partial charge in [0.2, 0.25) is 0 Å². The van der Waals surface area contributed by atoms with Gasteiger partial charge in [-0.2, -0.15) is 0 Å². The normalized spacial score (nSPS) is 20.9. The highest BCUT2D eigenvalue weighted by molar-refractivity contribution is 5.60. The van der Waals surface area contributed by atoms with E-state index in [2.05, 4.69) is 30.0 Å². The molecule has 2 rings (SSSR count). The highest BCUT2D eigenvalue weighted by Crippen LogP contribution is 2.33. The summed E-state index contributed by atoms with van der Waals surface area (Å²) in [7, 11) is 6.06. The predicted molar refractivity (Wildman–Crippen MR) is 84.5 cm³/mol. The maximum absolute atomic E-state index is 6.15. The number of benzene rings is 1. The number of ether oxygens (including phenoxy) is 1. The number of methoxy groups -OCH3 is 1. The second kappa shape index (κ2) is 6.46. The molecule has 20 heavy (non-hydrogen) atoms. The number of hydrogen-bond acceptors (Lipinski definition) is 4. The van der Waals surface area contributed by atoms with E-state index >= 15 is 0 Å². The summed E-state index contributed by atoms with van der Waals surface area (Å²) in [6.45, 7) is 4.25. The molecule has 1 aliphatic rings. The molecule has 0 spiro atoms. The highest BCUT2D eigenvalue weighted by atomic mass is 16.5. The Kier molecular flexibility index (Phi) is 4.89. The van der Waals surface area contributed by atoms with Gasteiger partial charge >= 0.3 is 0 Å². The molecule has 1 fully saturated rings. The van der Waals surface area contributed by atoms with E-state index in [1.54, 1.807) is 7.11 Å². The molecule has 112 valence electrons. The van der Waals surface area contributed by atoms with Gasteiger partial charge in [-0.1, -0.05) is 6.07 Å². The molecule has 4 heteroatoms. The molecule has 0 bridgehead atoms. The molecule has 0 aliphatic carbocycles. The topological polar surface area (TPSA) is 41.7 Å². The van der Waals surface area contributed by atoms with Gasteiger partial charge < -0.3 is 20.3 Å². The van der Waals surface area contributed by atoms with Crippen LogP contribution in [0.3, 0.4) is 0 Å². The minimum atomic E-state index is -0.0371. The quantitative estimate of drug-likeness (QED) is 0.896. The van der Waals surface area contributed by atoms with Gasteiger partial charge in [0.15, 0.2) is 0 Å². The fraction of sp³-hybridized carbons (Fsp3) is 0.625. The van der Waals surface area contributed by atoms with Gasteiger partial charge in [-0.25, -0.2) is 0 Å². The summed E-state index contributed by atoms with van der Waals surface area (Å²) >= 11 is 0. The molecule has 0 radical (unpaired) electrons. The van der Waals surface area contributed by atoms with E-state index in [-0.39, 0.29) is 6.04 Å². The third kappa shape index (κ3) is 3.07. The molecule has 1 aromatic rings. The molecule has 0 amide bonds. The van der Waals surface area contributed by atoms with Crippen LogP contribution in [0.15, 0.2) is 18.2 Å². The number of anilines is 1. The first-order valence-electron chi connectivity index (χ1n) is 7.38. The fourth-order valence-corrected chi connectivity index (χ4v) is 3.13. The first kappa shape index (κ1) is 15.1. The first-order valence-corrected chi connectivity index (χ1v) is 7.38. The monoisotopic (exact) mass is 277 g/mol. The lowest BCUT2D eigenvalue weighted by atomic mass is 10.0. The van der Waals surface area contributed by atoms with Crippen LogP contribution in [-0.4, -0.2) is 45.2 Å². The zero-order chi connectivity index (χ0) is 14.7. The van der Waals surface area contributed by atoms with Crippen LogP contribution in [0.5, 0.6) is 5.75 Å². The van der Waals surface area contributed by atoms with Crippen molar-refractivity contribution in [3.05, 3.63) is 23.8 Å². The molecule has 2 N–H and O–H groups in total. The number of likely N-dealkylation sites (N-methyl/N-ethyl adjacent to an activating group) is 2. The number of likely N-dealkylation sites (tertiary alicyclic amines) is 1. The second-order valence-corrected chi connectivity index (χ2v) is 5.84. The third-order valence-corrected chi connectivity index (χ3v) is 4.29. The van der Waals surface area contributed by atoms with Crippen LogP contribution in [0, 0.1) is 0 Å². The molecule has 0 aromatic heterocycles. The van der Waals surface area contributed by atoms with E-state index in [4.69, 9.17) is 10.5 Å². The molecule has 1 heterocycles. The number of nitrogens with zero attached hydrogens (tertiary/aromatic N) is 2. The van der Waals surface area contributed by atoms with Crippen LogP contribution in [0.2, 0.25) is 0 Å². The average molecular weight is 277 g/mol. The van der Waals surface area contributed by atoms with E-state index in [1.807, 2.05) is 19.1 Å². The lowest BCUT2D eigenvalue weighted by Gasteiger charge is -2.30. The molecule has 2 unspecified atom stereocenters. The number of rotatable bonds is 5. The number of hydrogen-bond donors (Lipinski definition) is 1. The van der Waals surface area contributed by atoms with Gasteiger partial charge in [-0.05, 0) is 45.5 Å². The van der Waals surface area contributed by atoms with Crippen molar-refractivity contribution in [1.29, 1.82) is 0 Å². The second-order valence-electron chi connectivity index (χ2n) is 5.84. The molecular formula is C16H27N3O. The Hall–Kier alpha value is -1.26. The summed E-state index contributed by atoms with van der Waals surface area (Å²) in [4.78, 5) is 4.76. The molecule has 1 saturated heterocycles. The average Bonchev–Trinajstić information content (AvgIpc) is 2.83. The molecular weight excluding hydrogens is 250 g/mol. The van der Waals surface area contributed by atoms with Crippen LogP contribution >= 0.6 is 0 Å². The minimum Gasteiger partial charge on any atom is -0.496 e. The van der Waals surface area contributed by atoms with Crippen molar-refractivity contribution in [1.82, 2.24) is 4.90 Å². The van der Waals surface area contributed by atoms with Gasteiger partial charge in [-0.3, -0.25) is 0 Å². The molecule has 0 saturated carbocycles. The summed E-state index contributed by atoms with van der Waals surface area (Å²) in [5, 5.41) is 0. The lowest BCUT2D eigenvalue weighted by molar-refractivity contribution is 0.314. The standard InChI is InChI=1S/C16H27N3O/c1-12(17)16-14(8-5-9-15(16)20-4)19(3)11-13-7-6-10-18(13)2/h5,8-9,12-13H,6-7,10-11,17H2,1-4H3. The van der Waals surface area contributed by atoms with Gasteiger partial charge in [0.25, 0.3) is 0 Å². The fourth-order valence-electron chi connectivity index (χ4n) is 3.13. The smallest absolute Gasteiger partial charge is 0.125 e. The summed E-state index contributed by atoms with van der Waals surface area (Å²) in [5.41, 5.74) is 8.42. The van der Waals surface area contributed by atoms with Gasteiger partial charge in [-0.15, -0.1) is 0 Å². The Morgan fingerprint density at radius 3 is 2.80 bits per heavy atom. The highest BCUT2D eigenvalue weighted by Gasteiger charge is 2.24. The summed E-state index contributed by atoms with van der Waals surface area (Å²) in [5.74, 6) is 0.879. The van der Waals surface area contributed by atoms with E-state index in [0.29, 0.717) is 6.04 Å². The zero-order valence-corrected chi connectivity index (χ0v) is 13.1. The van der Waals surface area contributed by atoms with Crippen molar-refractivity contribution in [3.63, 3.8) is 0 Å². The molecule has 2 atom stereocenters. The van der Waals surface area contributed by atoms with Gasteiger partial charge in [0.05, 0.1) is 7.11 Å². The Labute approximate surface area is 122 Å². The van der Waals surface area contributed by atoms with Crippen molar-refractivity contribution in [2.24, 2.45) is 5.73 Å². The van der Waals surface area contributed by atoms with Crippen LogP contribution in [0.4, 0.5) is 5.69 Å². The third-order valence-electron chi connectivity index (χ3n) is 4.29. The summed E-state index contributed by atoms with van der Waals surface area (Å²) < 4.78 is 5.47. The summed E-state index contributed by atoms with van der Waals surface area (Å²) in [6.07, 6.45) is 2.57. The van der Waals surface area contributed by atoms with E-state index in [1.165, 1.54) is 25.1 Å². The van der Waals surface area contributed by atoms with Gasteiger partial charge in [0, 0.05) is 36.9 Å². The van der Waals surface area contributed by atoms with Gasteiger partial charge in [0.1, 0.15) is 5.75 Å². The predicted octanol–water partition coefficient (Wildman–Crippen LogP) is 2.25. The Morgan fingerprint density at radius 1 is 1.50 bits per heavy atom. The molecule has 4 nitrogen and oxygen atoms in total. The van der Waals surface area contributed by atoms with Crippen molar-refractivity contribution in [2.75, 3.05) is 39.2 Å². The van der Waals surface area contributed by atoms with Crippen LogP contribution in [0.25, 0.3) is 0 Å². The van der Waals surface area contributed by atoms with Crippen molar-refractivity contribution in [2.45, 2.75) is 31.8 Å². The minimum absolute atomic E-state index is 0.0371. The van der Waals surface area contributed by atoms with Crippen LogP contribution < -0.4 is 15.4 Å². The molecule has 1 aromatic carbocycles. The van der Waals surface area contributed by atoms with Crippen molar-refractivity contribution in [3.8, 4) is 5.75 Å². The first-order chi connectivity index (χ1) is 9.54. The number of nitrogens with two attached hydrogens (primary N) is 1. The Bertz CT molecular complexity index is 447. The van der Waals surface area contributed by atoms with E-state index in [0.717, 1.165) is 17.9 Å². The molecule has 1 aliphatic heterocycles. The Morgan fingerprint density at radius 2 is 2.25 bits per heavy atom. The Balaban J connectivity index is 2.22. The van der Waals surface area contributed by atoms with Crippen LogP contribution in [-0.2, 0) is 0 Å². The zero-order valence-electron chi connectivity index (χ0n) is 13.1. The van der Waals surface area contributed by atoms with E-state index < -0.39 is 0 Å². The maximum Gasteiger partial charge on any atom is 0.125 e.